The Morgan fingerprint density at radius 1 is 1.43 bits per heavy atom. The minimum atomic E-state index is -0.455. The quantitative estimate of drug-likeness (QED) is 0.742. The zero-order valence-electron chi connectivity index (χ0n) is 9.29. The van der Waals surface area contributed by atoms with Gasteiger partial charge in [0.2, 0.25) is 0 Å². The van der Waals surface area contributed by atoms with E-state index in [1.165, 1.54) is 12.8 Å². The van der Waals surface area contributed by atoms with Crippen molar-refractivity contribution in [1.82, 2.24) is 0 Å². The van der Waals surface area contributed by atoms with Crippen LogP contribution in [0.4, 0.5) is 0 Å². The van der Waals surface area contributed by atoms with Crippen LogP contribution in [0.1, 0.15) is 39.5 Å². The molecule has 2 nitrogen and oxygen atoms in total. The lowest BCUT2D eigenvalue weighted by molar-refractivity contribution is 0.0569. The van der Waals surface area contributed by atoms with E-state index in [0.29, 0.717) is 6.10 Å². The third-order valence-electron chi connectivity index (χ3n) is 3.01. The number of aliphatic hydroxyl groups is 1. The summed E-state index contributed by atoms with van der Waals surface area (Å²) in [6.07, 6.45) is 4.54. The second-order valence-electron chi connectivity index (χ2n) is 4.08. The first-order valence-corrected chi connectivity index (χ1v) is 6.77. The highest BCUT2D eigenvalue weighted by Gasteiger charge is 2.23. The van der Waals surface area contributed by atoms with Gasteiger partial charge in [-0.1, -0.05) is 13.8 Å². The molecular formula is C11H22O2S. The Kier molecular flexibility index (Phi) is 5.28. The summed E-state index contributed by atoms with van der Waals surface area (Å²) in [6.45, 7) is 5.03. The maximum absolute atomic E-state index is 10.0. The Morgan fingerprint density at radius 3 is 2.64 bits per heavy atom. The Labute approximate surface area is 91.4 Å². The Morgan fingerprint density at radius 2 is 2.14 bits per heavy atom. The lowest BCUT2D eigenvalue weighted by atomic mass is 10.0. The lowest BCUT2D eigenvalue weighted by Crippen LogP contribution is -2.30. The molecule has 0 amide bonds. The fourth-order valence-corrected chi connectivity index (χ4v) is 3.04. The zero-order valence-corrected chi connectivity index (χ0v) is 10.1. The topological polar surface area (TPSA) is 29.5 Å². The Hall–Kier alpha value is 0.270. The summed E-state index contributed by atoms with van der Waals surface area (Å²) < 4.78 is 5.53. The molecule has 0 aromatic heterocycles. The van der Waals surface area contributed by atoms with Gasteiger partial charge in [0.25, 0.3) is 0 Å². The summed E-state index contributed by atoms with van der Waals surface area (Å²) in [6, 6.07) is 0. The molecule has 84 valence electrons. The molecule has 0 aliphatic carbocycles. The molecule has 1 unspecified atom stereocenters. The molecular weight excluding hydrogens is 196 g/mol. The highest BCUT2D eigenvalue weighted by atomic mass is 32.2. The molecule has 0 aromatic rings. The normalized spacial score (nSPS) is 22.9. The molecule has 0 saturated carbocycles. The molecule has 0 spiro atoms. The van der Waals surface area contributed by atoms with E-state index in [9.17, 15) is 5.11 Å². The second-order valence-corrected chi connectivity index (χ2v) is 5.11. The van der Waals surface area contributed by atoms with Crippen LogP contribution in [0.25, 0.3) is 0 Å². The molecule has 1 heterocycles. The van der Waals surface area contributed by atoms with Crippen molar-refractivity contribution in [2.75, 3.05) is 18.1 Å². The van der Waals surface area contributed by atoms with E-state index >= 15 is 0 Å². The minimum absolute atomic E-state index is 0.443. The van der Waals surface area contributed by atoms with Crippen LogP contribution < -0.4 is 0 Å². The van der Waals surface area contributed by atoms with Crippen LogP contribution in [-0.2, 0) is 4.74 Å². The van der Waals surface area contributed by atoms with Gasteiger partial charge in [0, 0.05) is 18.1 Å². The SMILES string of the molecule is CCC(O)(CC)CSCC1CCCO1. The second kappa shape index (κ2) is 5.99. The van der Waals surface area contributed by atoms with Gasteiger partial charge in [0.05, 0.1) is 11.7 Å². The average molecular weight is 218 g/mol. The van der Waals surface area contributed by atoms with E-state index in [2.05, 4.69) is 13.8 Å². The molecule has 1 aliphatic heterocycles. The minimum Gasteiger partial charge on any atom is -0.389 e. The number of thioether (sulfide) groups is 1. The maximum Gasteiger partial charge on any atom is 0.0732 e. The number of rotatable bonds is 6. The fourth-order valence-electron chi connectivity index (χ4n) is 1.61. The predicted molar refractivity (Wildman–Crippen MR) is 61.8 cm³/mol. The maximum atomic E-state index is 10.0. The van der Waals surface area contributed by atoms with Crippen LogP contribution in [0.2, 0.25) is 0 Å². The van der Waals surface area contributed by atoms with Crippen molar-refractivity contribution in [3.63, 3.8) is 0 Å². The van der Waals surface area contributed by atoms with E-state index in [4.69, 9.17) is 4.74 Å². The molecule has 1 saturated heterocycles. The van der Waals surface area contributed by atoms with Gasteiger partial charge in [0.1, 0.15) is 0 Å². The summed E-state index contributed by atoms with van der Waals surface area (Å²) >= 11 is 1.83. The third-order valence-corrected chi connectivity index (χ3v) is 4.36. The van der Waals surface area contributed by atoms with Gasteiger partial charge in [0.15, 0.2) is 0 Å². The van der Waals surface area contributed by atoms with Gasteiger partial charge in [-0.05, 0) is 25.7 Å². The van der Waals surface area contributed by atoms with Crippen LogP contribution in [0.3, 0.4) is 0 Å². The van der Waals surface area contributed by atoms with Crippen LogP contribution in [0.5, 0.6) is 0 Å². The van der Waals surface area contributed by atoms with Crippen molar-refractivity contribution < 1.29 is 9.84 Å². The van der Waals surface area contributed by atoms with Gasteiger partial charge in [-0.3, -0.25) is 0 Å². The van der Waals surface area contributed by atoms with Crippen molar-refractivity contribution in [2.24, 2.45) is 0 Å². The van der Waals surface area contributed by atoms with Gasteiger partial charge >= 0.3 is 0 Å². The smallest absolute Gasteiger partial charge is 0.0732 e. The van der Waals surface area contributed by atoms with Crippen molar-refractivity contribution in [3.05, 3.63) is 0 Å². The summed E-state index contributed by atoms with van der Waals surface area (Å²) in [5.74, 6) is 1.89. The molecule has 14 heavy (non-hydrogen) atoms. The number of ether oxygens (including phenoxy) is 1. The van der Waals surface area contributed by atoms with Crippen LogP contribution in [0.15, 0.2) is 0 Å². The predicted octanol–water partition coefficient (Wildman–Crippen LogP) is 2.45. The largest absolute Gasteiger partial charge is 0.389 e. The van der Waals surface area contributed by atoms with Crippen LogP contribution in [0, 0.1) is 0 Å². The fraction of sp³-hybridized carbons (Fsp3) is 1.00. The van der Waals surface area contributed by atoms with E-state index in [-0.39, 0.29) is 0 Å². The van der Waals surface area contributed by atoms with Crippen molar-refractivity contribution >= 4 is 11.8 Å². The number of hydrogen-bond donors (Lipinski definition) is 1. The lowest BCUT2D eigenvalue weighted by Gasteiger charge is -2.25. The summed E-state index contributed by atoms with van der Waals surface area (Å²) in [5.41, 5.74) is -0.455. The first kappa shape index (κ1) is 12.3. The molecule has 1 N–H and O–H groups in total. The Bertz CT molecular complexity index is 151. The molecule has 1 atom stereocenters. The molecule has 1 aliphatic rings. The molecule has 3 heteroatoms. The standard InChI is InChI=1S/C11H22O2S/c1-3-11(12,4-2)9-14-8-10-6-5-7-13-10/h10,12H,3-9H2,1-2H3. The molecule has 0 bridgehead atoms. The van der Waals surface area contributed by atoms with Crippen LogP contribution in [-0.4, -0.2) is 34.9 Å². The van der Waals surface area contributed by atoms with E-state index in [1.54, 1.807) is 0 Å². The molecule has 1 rings (SSSR count). The third kappa shape index (κ3) is 3.79. The highest BCUT2D eigenvalue weighted by molar-refractivity contribution is 7.99. The monoisotopic (exact) mass is 218 g/mol. The van der Waals surface area contributed by atoms with Gasteiger partial charge in [-0.25, -0.2) is 0 Å². The summed E-state index contributed by atoms with van der Waals surface area (Å²) in [4.78, 5) is 0. The Balaban J connectivity index is 2.12. The van der Waals surface area contributed by atoms with E-state index < -0.39 is 5.60 Å². The van der Waals surface area contributed by atoms with Crippen LogP contribution >= 0.6 is 11.8 Å². The summed E-state index contributed by atoms with van der Waals surface area (Å²) in [5, 5.41) is 10.0. The van der Waals surface area contributed by atoms with Crippen molar-refractivity contribution in [2.45, 2.75) is 51.2 Å². The summed E-state index contributed by atoms with van der Waals surface area (Å²) in [7, 11) is 0. The van der Waals surface area contributed by atoms with E-state index in [0.717, 1.165) is 31.0 Å². The average Bonchev–Trinajstić information content (AvgIpc) is 2.70. The molecule has 0 radical (unpaired) electrons. The molecule has 1 fully saturated rings. The van der Waals surface area contributed by atoms with Crippen molar-refractivity contribution in [1.29, 1.82) is 0 Å². The number of hydrogen-bond acceptors (Lipinski definition) is 3. The van der Waals surface area contributed by atoms with E-state index in [1.807, 2.05) is 11.8 Å². The van der Waals surface area contributed by atoms with Gasteiger partial charge in [-0.15, -0.1) is 0 Å². The first-order chi connectivity index (χ1) is 6.70. The highest BCUT2D eigenvalue weighted by Crippen LogP contribution is 2.24. The van der Waals surface area contributed by atoms with Gasteiger partial charge < -0.3 is 9.84 Å². The first-order valence-electron chi connectivity index (χ1n) is 5.62. The van der Waals surface area contributed by atoms with Crippen molar-refractivity contribution in [3.8, 4) is 0 Å². The zero-order chi connectivity index (χ0) is 10.4. The van der Waals surface area contributed by atoms with Gasteiger partial charge in [-0.2, -0.15) is 11.8 Å². The molecule has 0 aromatic carbocycles.